The highest BCUT2D eigenvalue weighted by Gasteiger charge is 2.35. The zero-order valence-corrected chi connectivity index (χ0v) is 11.2. The molecule has 2 rings (SSSR count). The zero-order chi connectivity index (χ0) is 13.4. The number of nitrogens with two attached hydrogens (primary N) is 1. The topological polar surface area (TPSA) is 107 Å². The van der Waals surface area contributed by atoms with Crippen molar-refractivity contribution in [3.05, 3.63) is 5.76 Å². The molecule has 1 aromatic rings. The third kappa shape index (κ3) is 2.50. The van der Waals surface area contributed by atoms with Gasteiger partial charge in [0.15, 0.2) is 16.5 Å². The number of hydrogen-bond acceptors (Lipinski definition) is 6. The number of sulfonamides is 1. The first-order valence-electron chi connectivity index (χ1n) is 5.68. The number of hydrogen-bond donors (Lipinski definition) is 2. The number of aromatic nitrogens is 1. The Kier molecular flexibility index (Phi) is 3.35. The molecular weight excluding hydrogens is 258 g/mol. The van der Waals surface area contributed by atoms with Crippen molar-refractivity contribution in [2.24, 2.45) is 0 Å². The van der Waals surface area contributed by atoms with Crippen molar-refractivity contribution in [1.82, 2.24) is 9.88 Å². The first-order chi connectivity index (χ1) is 8.34. The number of nitrogens with zero attached hydrogens (tertiary/aromatic N) is 1. The van der Waals surface area contributed by atoms with Gasteiger partial charge in [-0.1, -0.05) is 5.16 Å². The Balaban J connectivity index is 2.27. The minimum absolute atomic E-state index is 0.0886. The maximum absolute atomic E-state index is 12.3. The summed E-state index contributed by atoms with van der Waals surface area (Å²) in [5, 5.41) is 3.45. The summed E-state index contributed by atoms with van der Waals surface area (Å²) in [6.45, 7) is 4.32. The molecule has 1 aliphatic heterocycles. The van der Waals surface area contributed by atoms with Crippen molar-refractivity contribution in [2.75, 3.05) is 18.9 Å². The van der Waals surface area contributed by atoms with E-state index in [9.17, 15) is 8.42 Å². The van der Waals surface area contributed by atoms with Gasteiger partial charge in [0.1, 0.15) is 0 Å². The molecule has 7 nitrogen and oxygen atoms in total. The lowest BCUT2D eigenvalue weighted by atomic mass is 9.97. The van der Waals surface area contributed by atoms with E-state index in [1.807, 2.05) is 6.92 Å². The second-order valence-corrected chi connectivity index (χ2v) is 6.39. The lowest BCUT2D eigenvalue weighted by Gasteiger charge is -2.33. The molecule has 0 saturated carbocycles. The van der Waals surface area contributed by atoms with Crippen LogP contribution in [0.4, 0.5) is 5.82 Å². The van der Waals surface area contributed by atoms with Crippen LogP contribution in [0.2, 0.25) is 0 Å². The molecule has 1 aromatic heterocycles. The normalized spacial score (nSPS) is 25.2. The molecule has 1 saturated heterocycles. The molecule has 8 heteroatoms. The van der Waals surface area contributed by atoms with Crippen LogP contribution < -0.4 is 10.5 Å². The predicted molar refractivity (Wildman–Crippen MR) is 64.4 cm³/mol. The highest BCUT2D eigenvalue weighted by molar-refractivity contribution is 7.89. The molecule has 0 aliphatic carbocycles. The predicted octanol–water partition coefficient (Wildman–Crippen LogP) is 0.413. The summed E-state index contributed by atoms with van der Waals surface area (Å²) < 4.78 is 37.2. The summed E-state index contributed by atoms with van der Waals surface area (Å²) in [5.74, 6) is 0.0562. The summed E-state index contributed by atoms with van der Waals surface area (Å²) >= 11 is 0. The van der Waals surface area contributed by atoms with Crippen molar-refractivity contribution in [3.8, 4) is 0 Å². The first kappa shape index (κ1) is 13.3. The van der Waals surface area contributed by atoms with Gasteiger partial charge in [-0.2, -0.15) is 0 Å². The van der Waals surface area contributed by atoms with Gasteiger partial charge in [0.25, 0.3) is 0 Å². The van der Waals surface area contributed by atoms with Gasteiger partial charge in [0.2, 0.25) is 10.0 Å². The van der Waals surface area contributed by atoms with E-state index in [0.717, 1.165) is 12.8 Å². The smallest absolute Gasteiger partial charge is 0.248 e. The number of aryl methyl sites for hydroxylation is 1. The van der Waals surface area contributed by atoms with Gasteiger partial charge in [0, 0.05) is 6.61 Å². The SMILES string of the molecule is Cc1onc(N)c1S(=O)(=O)N[C@]1(C)CCCOC1. The molecule has 0 unspecified atom stereocenters. The number of ether oxygens (including phenoxy) is 1. The van der Waals surface area contributed by atoms with Gasteiger partial charge in [-0.15, -0.1) is 0 Å². The van der Waals surface area contributed by atoms with E-state index in [1.54, 1.807) is 0 Å². The Bertz CT molecular complexity index is 512. The Morgan fingerprint density at radius 2 is 2.22 bits per heavy atom. The van der Waals surface area contributed by atoms with E-state index in [-0.39, 0.29) is 16.5 Å². The van der Waals surface area contributed by atoms with Crippen LogP contribution in [0.15, 0.2) is 9.42 Å². The molecule has 0 aromatic carbocycles. The summed E-state index contributed by atoms with van der Waals surface area (Å²) in [6, 6.07) is 0. The summed E-state index contributed by atoms with van der Waals surface area (Å²) in [4.78, 5) is -0.0886. The molecule has 0 spiro atoms. The van der Waals surface area contributed by atoms with Gasteiger partial charge in [-0.05, 0) is 26.7 Å². The van der Waals surface area contributed by atoms with Gasteiger partial charge >= 0.3 is 0 Å². The maximum Gasteiger partial charge on any atom is 0.248 e. The molecular formula is C10H17N3O4S. The van der Waals surface area contributed by atoms with E-state index < -0.39 is 15.6 Å². The van der Waals surface area contributed by atoms with Gasteiger partial charge in [-0.3, -0.25) is 0 Å². The lowest BCUT2D eigenvalue weighted by Crippen LogP contribution is -2.51. The van der Waals surface area contributed by atoms with E-state index in [1.165, 1.54) is 6.92 Å². The third-order valence-corrected chi connectivity index (χ3v) is 4.72. The van der Waals surface area contributed by atoms with Crippen molar-refractivity contribution < 1.29 is 17.7 Å². The molecule has 0 bridgehead atoms. The van der Waals surface area contributed by atoms with Crippen LogP contribution in [0.1, 0.15) is 25.5 Å². The van der Waals surface area contributed by atoms with Crippen molar-refractivity contribution in [3.63, 3.8) is 0 Å². The average Bonchev–Trinajstić information content (AvgIpc) is 2.58. The van der Waals surface area contributed by atoms with Crippen molar-refractivity contribution in [1.29, 1.82) is 0 Å². The standard InChI is InChI=1S/C10H17N3O4S/c1-7-8(9(11)12-17-7)18(14,15)13-10(2)4-3-5-16-6-10/h13H,3-6H2,1-2H3,(H2,11,12)/t10-/m1/s1. The highest BCUT2D eigenvalue weighted by Crippen LogP contribution is 2.26. The monoisotopic (exact) mass is 275 g/mol. The average molecular weight is 275 g/mol. The number of anilines is 1. The minimum atomic E-state index is -3.75. The fourth-order valence-corrected chi connectivity index (χ4v) is 3.74. The third-order valence-electron chi connectivity index (χ3n) is 2.92. The number of nitrogens with one attached hydrogen (secondary N) is 1. The van der Waals surface area contributed by atoms with Crippen LogP contribution in [0.5, 0.6) is 0 Å². The molecule has 1 aliphatic rings. The number of rotatable bonds is 3. The second kappa shape index (κ2) is 4.52. The van der Waals surface area contributed by atoms with Crippen LogP contribution in [-0.4, -0.2) is 32.3 Å². The number of nitrogen functional groups attached to an aromatic ring is 1. The summed E-state index contributed by atoms with van der Waals surface area (Å²) in [5.41, 5.74) is 4.90. The van der Waals surface area contributed by atoms with E-state index >= 15 is 0 Å². The highest BCUT2D eigenvalue weighted by atomic mass is 32.2. The Labute approximate surface area is 106 Å². The molecule has 1 atom stereocenters. The van der Waals surface area contributed by atoms with E-state index in [0.29, 0.717) is 13.2 Å². The fraction of sp³-hybridized carbons (Fsp3) is 0.700. The van der Waals surface area contributed by atoms with Gasteiger partial charge in [0.05, 0.1) is 12.1 Å². The van der Waals surface area contributed by atoms with Crippen molar-refractivity contribution >= 4 is 15.8 Å². The van der Waals surface area contributed by atoms with E-state index in [2.05, 4.69) is 9.88 Å². The first-order valence-corrected chi connectivity index (χ1v) is 7.16. The largest absolute Gasteiger partial charge is 0.380 e. The van der Waals surface area contributed by atoms with Gasteiger partial charge < -0.3 is 15.0 Å². The van der Waals surface area contributed by atoms with Gasteiger partial charge in [-0.25, -0.2) is 13.1 Å². The Hall–Kier alpha value is -1.12. The molecule has 3 N–H and O–H groups in total. The van der Waals surface area contributed by atoms with Crippen LogP contribution in [-0.2, 0) is 14.8 Å². The van der Waals surface area contributed by atoms with Crippen LogP contribution in [0.25, 0.3) is 0 Å². The molecule has 18 heavy (non-hydrogen) atoms. The maximum atomic E-state index is 12.3. The zero-order valence-electron chi connectivity index (χ0n) is 10.4. The second-order valence-electron chi connectivity index (χ2n) is 4.78. The van der Waals surface area contributed by atoms with E-state index in [4.69, 9.17) is 15.0 Å². The summed E-state index contributed by atoms with van der Waals surface area (Å²) in [7, 11) is -3.75. The molecule has 1 fully saturated rings. The molecule has 0 amide bonds. The van der Waals surface area contributed by atoms with Crippen molar-refractivity contribution in [2.45, 2.75) is 37.1 Å². The molecule has 0 radical (unpaired) electrons. The Morgan fingerprint density at radius 1 is 1.50 bits per heavy atom. The fourth-order valence-electron chi connectivity index (χ4n) is 2.10. The lowest BCUT2D eigenvalue weighted by molar-refractivity contribution is 0.0386. The van der Waals surface area contributed by atoms with Crippen LogP contribution in [0, 0.1) is 6.92 Å². The quantitative estimate of drug-likeness (QED) is 0.827. The minimum Gasteiger partial charge on any atom is -0.380 e. The Morgan fingerprint density at radius 3 is 2.72 bits per heavy atom. The molecule has 102 valence electrons. The van der Waals surface area contributed by atoms with Crippen LogP contribution >= 0.6 is 0 Å². The summed E-state index contributed by atoms with van der Waals surface area (Å²) in [6.07, 6.45) is 1.54. The van der Waals surface area contributed by atoms with Crippen LogP contribution in [0.3, 0.4) is 0 Å². The molecule has 2 heterocycles.